The van der Waals surface area contributed by atoms with E-state index in [0.717, 1.165) is 28.3 Å². The van der Waals surface area contributed by atoms with Crippen molar-refractivity contribution in [3.63, 3.8) is 0 Å². The Kier molecular flexibility index (Phi) is 5.20. The Morgan fingerprint density at radius 3 is 2.52 bits per heavy atom. The number of hydrogen-bond donors (Lipinski definition) is 4. The van der Waals surface area contributed by atoms with E-state index in [-0.39, 0.29) is 11.5 Å². The molecule has 0 saturated heterocycles. The molecule has 6 nitrogen and oxygen atoms in total. The molecule has 1 aliphatic rings. The Balaban J connectivity index is 1.33. The van der Waals surface area contributed by atoms with Gasteiger partial charge in [0.2, 0.25) is 0 Å². The number of rotatable bonds is 5. The van der Waals surface area contributed by atoms with Crippen molar-refractivity contribution < 1.29 is 14.0 Å². The third-order valence-corrected chi connectivity index (χ3v) is 5.22. The molecule has 4 N–H and O–H groups in total. The van der Waals surface area contributed by atoms with Crippen molar-refractivity contribution in [1.29, 1.82) is 0 Å². The number of hydrogen-bond acceptors (Lipinski definition) is 3. The highest BCUT2D eigenvalue weighted by Crippen LogP contribution is 2.35. The van der Waals surface area contributed by atoms with Gasteiger partial charge in [-0.3, -0.25) is 9.59 Å². The minimum atomic E-state index is -0.465. The van der Waals surface area contributed by atoms with Gasteiger partial charge in [-0.25, -0.2) is 4.39 Å². The SMILES string of the molecule is O=C1Nc2cc(Nc3cccc(NC(=O)c4cccc(F)c4)c3)ccc2/C1=C/c1ccc[nH]1. The second-order valence-electron chi connectivity index (χ2n) is 7.57. The quantitative estimate of drug-likeness (QED) is 0.304. The van der Waals surface area contributed by atoms with Gasteiger partial charge >= 0.3 is 0 Å². The fraction of sp³-hybridized carbons (Fsp3) is 0. The van der Waals surface area contributed by atoms with E-state index in [1.165, 1.54) is 18.2 Å². The molecule has 33 heavy (non-hydrogen) atoms. The minimum absolute atomic E-state index is 0.154. The van der Waals surface area contributed by atoms with Crippen LogP contribution in [0.5, 0.6) is 0 Å². The Hall–Kier alpha value is -4.65. The number of aromatic nitrogens is 1. The number of H-pyrrole nitrogens is 1. The molecule has 0 fully saturated rings. The van der Waals surface area contributed by atoms with Crippen molar-refractivity contribution in [2.75, 3.05) is 16.0 Å². The summed E-state index contributed by atoms with van der Waals surface area (Å²) in [5.74, 6) is -1.01. The number of nitrogens with one attached hydrogen (secondary N) is 4. The Bertz CT molecular complexity index is 1390. The predicted octanol–water partition coefficient (Wildman–Crippen LogP) is 5.64. The van der Waals surface area contributed by atoms with E-state index in [1.54, 1.807) is 24.3 Å². The van der Waals surface area contributed by atoms with Gasteiger partial charge in [0.25, 0.3) is 11.8 Å². The molecule has 2 heterocycles. The number of benzene rings is 3. The summed E-state index contributed by atoms with van der Waals surface area (Å²) in [6.07, 6.45) is 3.63. The van der Waals surface area contributed by atoms with Crippen LogP contribution in [0.3, 0.4) is 0 Å². The first-order valence-electron chi connectivity index (χ1n) is 10.3. The lowest BCUT2D eigenvalue weighted by atomic mass is 10.1. The van der Waals surface area contributed by atoms with Crippen LogP contribution >= 0.6 is 0 Å². The van der Waals surface area contributed by atoms with Gasteiger partial charge in [0, 0.05) is 40.1 Å². The van der Waals surface area contributed by atoms with Crippen molar-refractivity contribution in [2.45, 2.75) is 0 Å². The van der Waals surface area contributed by atoms with E-state index < -0.39 is 11.7 Å². The van der Waals surface area contributed by atoms with E-state index in [2.05, 4.69) is 20.9 Å². The molecule has 0 atom stereocenters. The molecule has 7 heteroatoms. The zero-order valence-electron chi connectivity index (χ0n) is 17.4. The first kappa shape index (κ1) is 20.3. The molecule has 1 aromatic heterocycles. The first-order valence-corrected chi connectivity index (χ1v) is 10.3. The molecule has 162 valence electrons. The van der Waals surface area contributed by atoms with Gasteiger partial charge in [-0.15, -0.1) is 0 Å². The van der Waals surface area contributed by atoms with Crippen LogP contribution in [0.2, 0.25) is 0 Å². The Morgan fingerprint density at radius 1 is 0.879 bits per heavy atom. The zero-order valence-corrected chi connectivity index (χ0v) is 17.4. The van der Waals surface area contributed by atoms with E-state index >= 15 is 0 Å². The average molecular weight is 438 g/mol. The van der Waals surface area contributed by atoms with Crippen molar-refractivity contribution in [3.05, 3.63) is 108 Å². The van der Waals surface area contributed by atoms with Crippen LogP contribution in [0.25, 0.3) is 11.6 Å². The molecule has 0 unspecified atom stereocenters. The molecule has 3 aromatic carbocycles. The minimum Gasteiger partial charge on any atom is -0.362 e. The van der Waals surface area contributed by atoms with Crippen LogP contribution in [0.1, 0.15) is 21.6 Å². The fourth-order valence-electron chi connectivity index (χ4n) is 3.68. The maximum absolute atomic E-state index is 13.4. The zero-order chi connectivity index (χ0) is 22.8. The maximum Gasteiger partial charge on any atom is 0.256 e. The van der Waals surface area contributed by atoms with Gasteiger partial charge in [-0.1, -0.05) is 18.2 Å². The number of carbonyl (C=O) groups is 2. The number of aromatic amines is 1. The molecule has 0 bridgehead atoms. The summed E-state index contributed by atoms with van der Waals surface area (Å²) in [5.41, 5.74) is 5.34. The molecule has 4 aromatic rings. The number of fused-ring (bicyclic) bond motifs is 1. The highest BCUT2D eigenvalue weighted by Gasteiger charge is 2.24. The molecule has 0 radical (unpaired) electrons. The summed E-state index contributed by atoms with van der Waals surface area (Å²) in [6, 6.07) is 22.1. The Morgan fingerprint density at radius 2 is 1.70 bits per heavy atom. The molecule has 5 rings (SSSR count). The van der Waals surface area contributed by atoms with E-state index in [1.807, 2.05) is 48.7 Å². The highest BCUT2D eigenvalue weighted by atomic mass is 19.1. The van der Waals surface area contributed by atoms with Crippen molar-refractivity contribution in [1.82, 2.24) is 4.98 Å². The van der Waals surface area contributed by atoms with Crippen molar-refractivity contribution in [2.24, 2.45) is 0 Å². The summed E-state index contributed by atoms with van der Waals surface area (Å²) < 4.78 is 13.4. The average Bonchev–Trinajstić information content (AvgIpc) is 3.42. The number of anilines is 4. The van der Waals surface area contributed by atoms with Gasteiger partial charge in [0.05, 0.1) is 11.3 Å². The lowest BCUT2D eigenvalue weighted by Gasteiger charge is -2.11. The third kappa shape index (κ3) is 4.38. The van der Waals surface area contributed by atoms with Gasteiger partial charge in [0.15, 0.2) is 0 Å². The molecular formula is C26H19FN4O2. The summed E-state index contributed by atoms with van der Waals surface area (Å²) in [4.78, 5) is 27.9. The fourth-order valence-corrected chi connectivity index (χ4v) is 3.68. The van der Waals surface area contributed by atoms with Crippen LogP contribution in [0.15, 0.2) is 85.1 Å². The van der Waals surface area contributed by atoms with Crippen LogP contribution in [0.4, 0.5) is 27.1 Å². The summed E-state index contributed by atoms with van der Waals surface area (Å²) in [5, 5.41) is 8.95. The van der Waals surface area contributed by atoms with Gasteiger partial charge in [0.1, 0.15) is 5.82 Å². The molecule has 0 spiro atoms. The topological polar surface area (TPSA) is 86.0 Å². The normalized spacial score (nSPS) is 13.5. The second-order valence-corrected chi connectivity index (χ2v) is 7.57. The standard InChI is InChI=1S/C26H19FN4O2/c27-17-5-1-4-16(12-17)25(32)30-20-7-2-6-19(13-20)29-21-9-10-22-23(14-18-8-3-11-28-18)26(33)31-24(22)15-21/h1-15,28-29H,(H,30,32)(H,31,33)/b23-14-. The molecule has 2 amide bonds. The van der Waals surface area contributed by atoms with Crippen LogP contribution in [-0.2, 0) is 4.79 Å². The largest absolute Gasteiger partial charge is 0.362 e. The molecule has 0 aliphatic carbocycles. The van der Waals surface area contributed by atoms with Crippen LogP contribution in [-0.4, -0.2) is 16.8 Å². The van der Waals surface area contributed by atoms with E-state index in [4.69, 9.17) is 0 Å². The molecule has 0 saturated carbocycles. The number of carbonyl (C=O) groups excluding carboxylic acids is 2. The first-order chi connectivity index (χ1) is 16.0. The smallest absolute Gasteiger partial charge is 0.256 e. The van der Waals surface area contributed by atoms with Crippen molar-refractivity contribution in [3.8, 4) is 0 Å². The predicted molar refractivity (Wildman–Crippen MR) is 128 cm³/mol. The molecular weight excluding hydrogens is 419 g/mol. The summed E-state index contributed by atoms with van der Waals surface area (Å²) >= 11 is 0. The number of halogens is 1. The third-order valence-electron chi connectivity index (χ3n) is 5.22. The highest BCUT2D eigenvalue weighted by molar-refractivity contribution is 6.35. The van der Waals surface area contributed by atoms with Gasteiger partial charge in [-0.2, -0.15) is 0 Å². The van der Waals surface area contributed by atoms with E-state index in [9.17, 15) is 14.0 Å². The van der Waals surface area contributed by atoms with Crippen LogP contribution < -0.4 is 16.0 Å². The number of amides is 2. The van der Waals surface area contributed by atoms with Gasteiger partial charge < -0.3 is 20.9 Å². The summed E-state index contributed by atoms with van der Waals surface area (Å²) in [7, 11) is 0. The maximum atomic E-state index is 13.4. The van der Waals surface area contributed by atoms with Crippen molar-refractivity contribution >= 4 is 46.2 Å². The van der Waals surface area contributed by atoms with Crippen LogP contribution in [0, 0.1) is 5.82 Å². The lowest BCUT2D eigenvalue weighted by molar-refractivity contribution is -0.110. The van der Waals surface area contributed by atoms with Gasteiger partial charge in [-0.05, 0) is 66.7 Å². The molecule has 1 aliphatic heterocycles. The Labute approximate surface area is 189 Å². The second kappa shape index (κ2) is 8.47. The summed E-state index contributed by atoms with van der Waals surface area (Å²) in [6.45, 7) is 0. The van der Waals surface area contributed by atoms with E-state index in [0.29, 0.717) is 11.3 Å². The monoisotopic (exact) mass is 438 g/mol. The lowest BCUT2D eigenvalue weighted by Crippen LogP contribution is -2.12.